The summed E-state index contributed by atoms with van der Waals surface area (Å²) in [5.74, 6) is -0.0511. The number of rotatable bonds is 7. The van der Waals surface area contributed by atoms with Crippen LogP contribution < -0.4 is 9.64 Å². The van der Waals surface area contributed by atoms with Crippen LogP contribution in [0.5, 0.6) is 5.75 Å². The van der Waals surface area contributed by atoms with Crippen LogP contribution in [0.15, 0.2) is 54.6 Å². The first kappa shape index (κ1) is 17.5. The molecule has 1 aromatic heterocycles. The molecule has 7 heteroatoms. The highest BCUT2D eigenvalue weighted by Crippen LogP contribution is 2.21. The lowest BCUT2D eigenvalue weighted by Crippen LogP contribution is -2.24. The van der Waals surface area contributed by atoms with E-state index in [9.17, 15) is 9.90 Å². The predicted octanol–water partition coefficient (Wildman–Crippen LogP) is 3.00. The van der Waals surface area contributed by atoms with Gasteiger partial charge in [0, 0.05) is 13.1 Å². The topological polar surface area (TPSA) is 80.5 Å². The Balaban J connectivity index is 1.96. The van der Waals surface area contributed by atoms with Gasteiger partial charge < -0.3 is 14.7 Å². The smallest absolute Gasteiger partial charge is 0.360 e. The molecular formula is C19H20N4O3. The second-order valence-corrected chi connectivity index (χ2v) is 5.66. The Hall–Kier alpha value is -3.35. The zero-order valence-electron chi connectivity index (χ0n) is 14.7. The van der Waals surface area contributed by atoms with E-state index in [0.717, 1.165) is 5.56 Å². The van der Waals surface area contributed by atoms with Crippen LogP contribution in [0.1, 0.15) is 23.0 Å². The van der Waals surface area contributed by atoms with E-state index in [2.05, 4.69) is 10.2 Å². The summed E-state index contributed by atoms with van der Waals surface area (Å²) in [5, 5.41) is 18.2. The van der Waals surface area contributed by atoms with Gasteiger partial charge in [0.2, 0.25) is 5.69 Å². The number of methoxy groups -OCH3 is 1. The first-order chi connectivity index (χ1) is 12.6. The minimum Gasteiger partial charge on any atom is -0.497 e. The molecule has 3 aromatic rings. The molecule has 26 heavy (non-hydrogen) atoms. The molecule has 3 rings (SSSR count). The predicted molar refractivity (Wildman–Crippen MR) is 98.0 cm³/mol. The van der Waals surface area contributed by atoms with Crippen LogP contribution in [0.3, 0.4) is 0 Å². The summed E-state index contributed by atoms with van der Waals surface area (Å²) in [7, 11) is 1.59. The van der Waals surface area contributed by atoms with Gasteiger partial charge >= 0.3 is 5.97 Å². The Labute approximate surface area is 151 Å². The normalized spacial score (nSPS) is 10.5. The highest BCUT2D eigenvalue weighted by molar-refractivity contribution is 5.91. The summed E-state index contributed by atoms with van der Waals surface area (Å²) in [6, 6.07) is 17.0. The summed E-state index contributed by atoms with van der Waals surface area (Å²) in [6.45, 7) is 3.12. The van der Waals surface area contributed by atoms with Crippen LogP contribution in [-0.2, 0) is 6.54 Å². The number of ether oxygens (including phenoxy) is 1. The Morgan fingerprint density at radius 1 is 1.12 bits per heavy atom. The molecule has 0 bridgehead atoms. The lowest BCUT2D eigenvalue weighted by atomic mass is 10.2. The van der Waals surface area contributed by atoms with Gasteiger partial charge in [0.25, 0.3) is 0 Å². The van der Waals surface area contributed by atoms with Crippen LogP contribution in [0, 0.1) is 0 Å². The number of carbonyl (C=O) groups is 1. The minimum atomic E-state index is -1.11. The summed E-state index contributed by atoms with van der Waals surface area (Å²) in [5.41, 5.74) is 1.67. The second kappa shape index (κ2) is 7.69. The number of aromatic carboxylic acids is 1. The van der Waals surface area contributed by atoms with Crippen molar-refractivity contribution < 1.29 is 14.6 Å². The molecule has 0 radical (unpaired) electrons. The molecule has 0 atom stereocenters. The second-order valence-electron chi connectivity index (χ2n) is 5.66. The highest BCUT2D eigenvalue weighted by atomic mass is 16.5. The third-order valence-electron chi connectivity index (χ3n) is 4.00. The molecule has 0 aliphatic carbocycles. The molecule has 0 aliphatic rings. The van der Waals surface area contributed by atoms with Gasteiger partial charge in [-0.2, -0.15) is 0 Å². The van der Waals surface area contributed by atoms with E-state index in [-0.39, 0.29) is 5.69 Å². The number of benzene rings is 2. The summed E-state index contributed by atoms with van der Waals surface area (Å²) < 4.78 is 5.14. The van der Waals surface area contributed by atoms with E-state index < -0.39 is 5.97 Å². The zero-order chi connectivity index (χ0) is 18.5. The molecule has 0 saturated heterocycles. The number of carboxylic acids is 1. The van der Waals surface area contributed by atoms with E-state index in [0.29, 0.717) is 30.3 Å². The first-order valence-electron chi connectivity index (χ1n) is 8.26. The highest BCUT2D eigenvalue weighted by Gasteiger charge is 2.23. The quantitative estimate of drug-likeness (QED) is 0.704. The Kier molecular flexibility index (Phi) is 5.17. The molecule has 134 valence electrons. The van der Waals surface area contributed by atoms with Crippen LogP contribution in [-0.4, -0.2) is 39.7 Å². The molecular weight excluding hydrogens is 332 g/mol. The molecule has 0 fully saturated rings. The van der Waals surface area contributed by atoms with E-state index in [1.807, 2.05) is 42.2 Å². The molecule has 2 aromatic carbocycles. The fraction of sp³-hybridized carbons (Fsp3) is 0.211. The van der Waals surface area contributed by atoms with Gasteiger partial charge in [0.1, 0.15) is 5.75 Å². The van der Waals surface area contributed by atoms with E-state index in [4.69, 9.17) is 4.74 Å². The van der Waals surface area contributed by atoms with E-state index in [1.165, 1.54) is 4.80 Å². The zero-order valence-corrected chi connectivity index (χ0v) is 14.7. The molecule has 7 nitrogen and oxygen atoms in total. The number of hydrogen-bond acceptors (Lipinski definition) is 5. The van der Waals surface area contributed by atoms with Crippen molar-refractivity contribution in [1.82, 2.24) is 15.0 Å². The Bertz CT molecular complexity index is 876. The van der Waals surface area contributed by atoms with Crippen molar-refractivity contribution in [3.63, 3.8) is 0 Å². The van der Waals surface area contributed by atoms with Gasteiger partial charge in [-0.05, 0) is 36.8 Å². The fourth-order valence-corrected chi connectivity index (χ4v) is 2.62. The van der Waals surface area contributed by atoms with Crippen LogP contribution in [0.2, 0.25) is 0 Å². The van der Waals surface area contributed by atoms with Crippen LogP contribution in [0.25, 0.3) is 5.69 Å². The van der Waals surface area contributed by atoms with E-state index >= 15 is 0 Å². The SMILES string of the molecule is CCN(Cc1ccccc1)c1nn(-c2ccc(OC)cc2)nc1C(=O)O. The molecule has 1 N–H and O–H groups in total. The van der Waals surface area contributed by atoms with Crippen molar-refractivity contribution in [3.05, 3.63) is 65.9 Å². The Morgan fingerprint density at radius 3 is 2.38 bits per heavy atom. The standard InChI is InChI=1S/C19H20N4O3/c1-3-22(13-14-7-5-4-6-8-14)18-17(19(24)25)20-23(21-18)15-9-11-16(26-2)12-10-15/h4-12H,3,13H2,1-2H3,(H,24,25). The number of aromatic nitrogens is 3. The van der Waals surface area contributed by atoms with Gasteiger partial charge in [0.05, 0.1) is 12.8 Å². The van der Waals surface area contributed by atoms with Crippen molar-refractivity contribution in [2.45, 2.75) is 13.5 Å². The minimum absolute atomic E-state index is 0.0707. The number of hydrogen-bond donors (Lipinski definition) is 1. The van der Waals surface area contributed by atoms with Crippen molar-refractivity contribution in [2.24, 2.45) is 0 Å². The van der Waals surface area contributed by atoms with Crippen molar-refractivity contribution in [2.75, 3.05) is 18.6 Å². The summed E-state index contributed by atoms with van der Waals surface area (Å²) in [6.07, 6.45) is 0. The van der Waals surface area contributed by atoms with Crippen molar-refractivity contribution in [3.8, 4) is 11.4 Å². The average molecular weight is 352 g/mol. The van der Waals surface area contributed by atoms with Crippen LogP contribution in [0.4, 0.5) is 5.82 Å². The lowest BCUT2D eigenvalue weighted by Gasteiger charge is -2.20. The first-order valence-corrected chi connectivity index (χ1v) is 8.26. The third-order valence-corrected chi connectivity index (χ3v) is 4.00. The molecule has 1 heterocycles. The molecule has 0 amide bonds. The maximum Gasteiger partial charge on any atom is 0.360 e. The fourth-order valence-electron chi connectivity index (χ4n) is 2.62. The van der Waals surface area contributed by atoms with Gasteiger partial charge in [-0.3, -0.25) is 0 Å². The number of nitrogens with zero attached hydrogens (tertiary/aromatic N) is 4. The molecule has 0 saturated carbocycles. The van der Waals surface area contributed by atoms with E-state index in [1.54, 1.807) is 31.4 Å². The summed E-state index contributed by atoms with van der Waals surface area (Å²) in [4.78, 5) is 14.9. The van der Waals surface area contributed by atoms with Crippen molar-refractivity contribution in [1.29, 1.82) is 0 Å². The lowest BCUT2D eigenvalue weighted by molar-refractivity contribution is 0.0690. The number of carboxylic acid groups (broad SMARTS) is 1. The van der Waals surface area contributed by atoms with Crippen molar-refractivity contribution >= 4 is 11.8 Å². The summed E-state index contributed by atoms with van der Waals surface area (Å²) >= 11 is 0. The van der Waals surface area contributed by atoms with Gasteiger partial charge in [0.15, 0.2) is 5.82 Å². The molecule has 0 spiro atoms. The van der Waals surface area contributed by atoms with Gasteiger partial charge in [-0.25, -0.2) is 4.79 Å². The molecule has 0 unspecified atom stereocenters. The largest absolute Gasteiger partial charge is 0.497 e. The average Bonchev–Trinajstić information content (AvgIpc) is 3.12. The third kappa shape index (κ3) is 3.66. The molecule has 0 aliphatic heterocycles. The Morgan fingerprint density at radius 2 is 1.81 bits per heavy atom. The van der Waals surface area contributed by atoms with Crippen LogP contribution >= 0.6 is 0 Å². The van der Waals surface area contributed by atoms with Gasteiger partial charge in [-0.1, -0.05) is 30.3 Å². The van der Waals surface area contributed by atoms with Gasteiger partial charge in [-0.15, -0.1) is 15.0 Å². The maximum absolute atomic E-state index is 11.7. The number of anilines is 1. The maximum atomic E-state index is 11.7. The monoisotopic (exact) mass is 352 g/mol.